The summed E-state index contributed by atoms with van der Waals surface area (Å²) >= 11 is 0. The number of anilines is 1. The summed E-state index contributed by atoms with van der Waals surface area (Å²) in [4.78, 5) is 11.4. The number of aryl methyl sites for hydroxylation is 1. The quantitative estimate of drug-likeness (QED) is 0.884. The molecular formula is C15H23N3O2. The molecule has 0 radical (unpaired) electrons. The number of carboxylic acid groups (broad SMARTS) is 1. The summed E-state index contributed by atoms with van der Waals surface area (Å²) < 4.78 is 0. The zero-order valence-corrected chi connectivity index (χ0v) is 12.4. The van der Waals surface area contributed by atoms with Gasteiger partial charge in [-0.3, -0.25) is 0 Å². The number of hydrogen-bond acceptors (Lipinski definition) is 4. The molecule has 1 aromatic heterocycles. The van der Waals surface area contributed by atoms with Gasteiger partial charge in [0.15, 0.2) is 5.82 Å². The standard InChI is InChI=1S/C15H23N3O2/c1-9-5-4-6-12(7-9)8-16-14-13(15(19)20)10(2)11(3)17-18-14/h9,12H,4-8H2,1-3H3,(H,16,18)(H,19,20). The highest BCUT2D eigenvalue weighted by atomic mass is 16.4. The van der Waals surface area contributed by atoms with Crippen LogP contribution < -0.4 is 5.32 Å². The van der Waals surface area contributed by atoms with Crippen molar-refractivity contribution in [2.45, 2.75) is 46.5 Å². The van der Waals surface area contributed by atoms with Crippen molar-refractivity contribution in [1.29, 1.82) is 0 Å². The third-order valence-corrected chi connectivity index (χ3v) is 4.27. The lowest BCUT2D eigenvalue weighted by Crippen LogP contribution is -2.23. The molecule has 20 heavy (non-hydrogen) atoms. The summed E-state index contributed by atoms with van der Waals surface area (Å²) in [5, 5.41) is 20.6. The van der Waals surface area contributed by atoms with E-state index in [0.717, 1.165) is 12.5 Å². The maximum Gasteiger partial charge on any atom is 0.339 e. The van der Waals surface area contributed by atoms with Crippen molar-refractivity contribution in [1.82, 2.24) is 10.2 Å². The van der Waals surface area contributed by atoms with Crippen LogP contribution in [0.15, 0.2) is 0 Å². The molecule has 0 amide bonds. The van der Waals surface area contributed by atoms with Crippen molar-refractivity contribution >= 4 is 11.8 Å². The van der Waals surface area contributed by atoms with Crippen LogP contribution in [0.2, 0.25) is 0 Å². The van der Waals surface area contributed by atoms with E-state index >= 15 is 0 Å². The smallest absolute Gasteiger partial charge is 0.339 e. The average molecular weight is 277 g/mol. The van der Waals surface area contributed by atoms with Gasteiger partial charge in [-0.25, -0.2) is 4.79 Å². The van der Waals surface area contributed by atoms with Gasteiger partial charge in [0, 0.05) is 6.54 Å². The Balaban J connectivity index is 2.09. The van der Waals surface area contributed by atoms with Gasteiger partial charge in [-0.05, 0) is 44.1 Å². The van der Waals surface area contributed by atoms with Gasteiger partial charge in [0.05, 0.1) is 5.69 Å². The van der Waals surface area contributed by atoms with Crippen LogP contribution in [0.4, 0.5) is 5.82 Å². The lowest BCUT2D eigenvalue weighted by atomic mass is 9.82. The summed E-state index contributed by atoms with van der Waals surface area (Å²) in [7, 11) is 0. The van der Waals surface area contributed by atoms with Crippen LogP contribution in [-0.4, -0.2) is 27.8 Å². The molecule has 110 valence electrons. The number of carbonyl (C=O) groups is 1. The molecule has 0 spiro atoms. The molecule has 0 aromatic carbocycles. The van der Waals surface area contributed by atoms with Crippen LogP contribution in [0.5, 0.6) is 0 Å². The van der Waals surface area contributed by atoms with Crippen LogP contribution in [0.3, 0.4) is 0 Å². The van der Waals surface area contributed by atoms with E-state index in [2.05, 4.69) is 22.4 Å². The van der Waals surface area contributed by atoms with Crippen LogP contribution >= 0.6 is 0 Å². The monoisotopic (exact) mass is 277 g/mol. The number of aromatic nitrogens is 2. The maximum atomic E-state index is 11.4. The average Bonchev–Trinajstić information content (AvgIpc) is 2.39. The van der Waals surface area contributed by atoms with Crippen molar-refractivity contribution < 1.29 is 9.90 Å². The van der Waals surface area contributed by atoms with E-state index in [9.17, 15) is 9.90 Å². The second-order valence-electron chi connectivity index (χ2n) is 5.96. The highest BCUT2D eigenvalue weighted by molar-refractivity contribution is 5.94. The molecule has 0 saturated heterocycles. The first kappa shape index (κ1) is 14.8. The first-order valence-corrected chi connectivity index (χ1v) is 7.30. The van der Waals surface area contributed by atoms with E-state index in [-0.39, 0.29) is 5.56 Å². The fraction of sp³-hybridized carbons (Fsp3) is 0.667. The number of carboxylic acids is 1. The molecule has 1 heterocycles. The predicted molar refractivity (Wildman–Crippen MR) is 78.1 cm³/mol. The predicted octanol–water partition coefficient (Wildman–Crippen LogP) is 3.03. The molecule has 2 atom stereocenters. The number of hydrogen-bond donors (Lipinski definition) is 2. The second kappa shape index (κ2) is 6.20. The Morgan fingerprint density at radius 1 is 1.35 bits per heavy atom. The molecule has 0 aliphatic heterocycles. The van der Waals surface area contributed by atoms with Crippen molar-refractivity contribution in [3.05, 3.63) is 16.8 Å². The van der Waals surface area contributed by atoms with Crippen molar-refractivity contribution in [3.8, 4) is 0 Å². The molecule has 2 unspecified atom stereocenters. The Morgan fingerprint density at radius 3 is 2.75 bits per heavy atom. The summed E-state index contributed by atoms with van der Waals surface area (Å²) in [5.74, 6) is 0.822. The molecule has 2 rings (SSSR count). The van der Waals surface area contributed by atoms with Crippen LogP contribution in [0.25, 0.3) is 0 Å². The third kappa shape index (κ3) is 3.26. The van der Waals surface area contributed by atoms with E-state index in [1.165, 1.54) is 25.7 Å². The fourth-order valence-corrected chi connectivity index (χ4v) is 2.98. The number of aromatic carboxylic acids is 1. The number of nitrogens with zero attached hydrogens (tertiary/aromatic N) is 2. The van der Waals surface area contributed by atoms with Crippen molar-refractivity contribution in [2.24, 2.45) is 11.8 Å². The van der Waals surface area contributed by atoms with Gasteiger partial charge in [0.25, 0.3) is 0 Å². The van der Waals surface area contributed by atoms with Crippen molar-refractivity contribution in [3.63, 3.8) is 0 Å². The summed E-state index contributed by atoms with van der Waals surface area (Å²) in [6.45, 7) is 6.62. The van der Waals surface area contributed by atoms with Gasteiger partial charge in [-0.2, -0.15) is 5.10 Å². The molecular weight excluding hydrogens is 254 g/mol. The molecule has 2 N–H and O–H groups in total. The first-order valence-electron chi connectivity index (χ1n) is 7.30. The van der Waals surface area contributed by atoms with Gasteiger partial charge < -0.3 is 10.4 Å². The molecule has 1 aliphatic rings. The highest BCUT2D eigenvalue weighted by Crippen LogP contribution is 2.29. The van der Waals surface area contributed by atoms with Crippen LogP contribution in [-0.2, 0) is 0 Å². The molecule has 1 fully saturated rings. The molecule has 5 nitrogen and oxygen atoms in total. The van der Waals surface area contributed by atoms with Gasteiger partial charge in [-0.15, -0.1) is 5.10 Å². The molecule has 1 saturated carbocycles. The lowest BCUT2D eigenvalue weighted by molar-refractivity contribution is 0.0696. The minimum absolute atomic E-state index is 0.251. The molecule has 1 aliphatic carbocycles. The molecule has 1 aromatic rings. The Morgan fingerprint density at radius 2 is 2.10 bits per heavy atom. The van der Waals surface area contributed by atoms with Gasteiger partial charge in [0.2, 0.25) is 0 Å². The fourth-order valence-electron chi connectivity index (χ4n) is 2.98. The van der Waals surface area contributed by atoms with Gasteiger partial charge >= 0.3 is 5.97 Å². The number of nitrogens with one attached hydrogen (secondary N) is 1. The highest BCUT2D eigenvalue weighted by Gasteiger charge is 2.21. The topological polar surface area (TPSA) is 75.1 Å². The Labute approximate surface area is 119 Å². The van der Waals surface area contributed by atoms with Crippen LogP contribution in [0, 0.1) is 25.7 Å². The first-order chi connectivity index (χ1) is 9.49. The Kier molecular flexibility index (Phi) is 4.57. The van der Waals surface area contributed by atoms with E-state index in [0.29, 0.717) is 23.0 Å². The van der Waals surface area contributed by atoms with Gasteiger partial charge in [-0.1, -0.05) is 19.8 Å². The SMILES string of the molecule is Cc1nnc(NCC2CCCC(C)C2)c(C(=O)O)c1C. The molecule has 0 bridgehead atoms. The Bertz CT molecular complexity index is 502. The van der Waals surface area contributed by atoms with E-state index < -0.39 is 5.97 Å². The zero-order valence-electron chi connectivity index (χ0n) is 12.4. The summed E-state index contributed by atoms with van der Waals surface area (Å²) in [5.41, 5.74) is 1.60. The van der Waals surface area contributed by atoms with Gasteiger partial charge in [0.1, 0.15) is 5.56 Å². The van der Waals surface area contributed by atoms with Crippen LogP contribution in [0.1, 0.15) is 54.2 Å². The lowest BCUT2D eigenvalue weighted by Gasteiger charge is -2.27. The number of rotatable bonds is 4. The molecule has 5 heteroatoms. The van der Waals surface area contributed by atoms with E-state index in [4.69, 9.17) is 0 Å². The largest absolute Gasteiger partial charge is 0.478 e. The minimum Gasteiger partial charge on any atom is -0.478 e. The summed E-state index contributed by atoms with van der Waals surface area (Å²) in [6, 6.07) is 0. The zero-order chi connectivity index (χ0) is 14.7. The second-order valence-corrected chi connectivity index (χ2v) is 5.96. The normalized spacial score (nSPS) is 22.6. The van der Waals surface area contributed by atoms with E-state index in [1.54, 1.807) is 13.8 Å². The minimum atomic E-state index is -0.944. The van der Waals surface area contributed by atoms with Crippen molar-refractivity contribution in [2.75, 3.05) is 11.9 Å². The Hall–Kier alpha value is -1.65. The van der Waals surface area contributed by atoms with E-state index in [1.807, 2.05) is 0 Å². The third-order valence-electron chi connectivity index (χ3n) is 4.27. The maximum absolute atomic E-state index is 11.4. The summed E-state index contributed by atoms with van der Waals surface area (Å²) in [6.07, 6.45) is 4.98.